The van der Waals surface area contributed by atoms with Crippen molar-refractivity contribution in [1.29, 1.82) is 0 Å². The fourth-order valence-corrected chi connectivity index (χ4v) is 0.911. The van der Waals surface area contributed by atoms with Crippen molar-refractivity contribution < 1.29 is 21.7 Å². The number of allylic oxidation sites excluding steroid dienone is 4. The largest absolute Gasteiger partial charge is 0.267 e. The summed E-state index contributed by atoms with van der Waals surface area (Å²) in [5, 5.41) is 1.39. The molecule has 0 atom stereocenters. The van der Waals surface area contributed by atoms with Crippen LogP contribution in [0.4, 0.5) is 0 Å². The minimum atomic E-state index is 0. The van der Waals surface area contributed by atoms with Gasteiger partial charge >= 0.3 is 0 Å². The van der Waals surface area contributed by atoms with Gasteiger partial charge in [-0.25, -0.2) is 17.2 Å². The van der Waals surface area contributed by atoms with Crippen molar-refractivity contribution in [2.24, 2.45) is 0 Å². The number of rotatable bonds is 0. The molecule has 0 aromatic rings. The second-order valence-electron chi connectivity index (χ2n) is 1.70. The van der Waals surface area contributed by atoms with E-state index in [-0.39, 0.29) is 21.7 Å². The third-order valence-corrected chi connectivity index (χ3v) is 2.01. The summed E-state index contributed by atoms with van der Waals surface area (Å²) in [6.07, 6.45) is 3.68. The molecule has 48 valence electrons. The van der Waals surface area contributed by atoms with Crippen LogP contribution in [0.2, 0.25) is 0 Å². The Morgan fingerprint density at radius 1 is 1.44 bits per heavy atom. The van der Waals surface area contributed by atoms with Crippen LogP contribution in [-0.4, -0.2) is 0 Å². The standard InChI is InChI=1S/C6H5Cl2.Ti/c1-4-2-3-5(7)6(4)8;/h3H2,1H3;/q-1;. The van der Waals surface area contributed by atoms with Gasteiger partial charge in [-0.15, -0.1) is 11.6 Å². The Balaban J connectivity index is 0.000000640. The first kappa shape index (κ1) is 9.77. The first-order chi connectivity index (χ1) is 3.72. The molecule has 0 radical (unpaired) electrons. The SMILES string of the molecule is CC1=[C-]CC(Cl)=C1Cl.[Ti]. The van der Waals surface area contributed by atoms with Gasteiger partial charge in [0.2, 0.25) is 0 Å². The fourth-order valence-electron chi connectivity index (χ4n) is 0.569. The summed E-state index contributed by atoms with van der Waals surface area (Å²) in [6, 6.07) is 0. The Bertz CT molecular complexity index is 164. The smallest absolute Gasteiger partial charge is 0 e. The Hall–Kier alpha value is 0.774. The normalized spacial score (nSPS) is 17.4. The van der Waals surface area contributed by atoms with Crippen molar-refractivity contribution in [2.75, 3.05) is 0 Å². The van der Waals surface area contributed by atoms with Crippen LogP contribution < -0.4 is 0 Å². The minimum Gasteiger partial charge on any atom is -0.267 e. The summed E-state index contributed by atoms with van der Waals surface area (Å²) in [4.78, 5) is 0. The molecule has 1 rings (SSSR count). The molecule has 0 aromatic heterocycles. The summed E-state index contributed by atoms with van der Waals surface area (Å²) in [6.45, 7) is 1.90. The van der Waals surface area contributed by atoms with E-state index in [9.17, 15) is 0 Å². The van der Waals surface area contributed by atoms with Crippen LogP contribution in [0, 0.1) is 6.08 Å². The molecule has 0 fully saturated rings. The summed E-state index contributed by atoms with van der Waals surface area (Å²) in [5.41, 5.74) is 0.969. The molecule has 1 aliphatic carbocycles. The average molecular weight is 196 g/mol. The maximum absolute atomic E-state index is 5.66. The monoisotopic (exact) mass is 195 g/mol. The van der Waals surface area contributed by atoms with E-state index in [0.717, 1.165) is 5.57 Å². The first-order valence-corrected chi connectivity index (χ1v) is 3.09. The molecule has 0 heterocycles. The molecule has 0 bridgehead atoms. The van der Waals surface area contributed by atoms with Gasteiger partial charge in [-0.1, -0.05) is 23.4 Å². The molecule has 0 N–H and O–H groups in total. The average Bonchev–Trinajstić information content (AvgIpc) is 1.98. The second-order valence-corrected chi connectivity index (χ2v) is 2.53. The zero-order valence-electron chi connectivity index (χ0n) is 4.96. The van der Waals surface area contributed by atoms with Gasteiger partial charge in [0.05, 0.1) is 0 Å². The predicted molar refractivity (Wildman–Crippen MR) is 35.8 cm³/mol. The third-order valence-electron chi connectivity index (χ3n) is 1.08. The van der Waals surface area contributed by atoms with Gasteiger partial charge in [0.25, 0.3) is 0 Å². The van der Waals surface area contributed by atoms with Gasteiger partial charge in [-0.3, -0.25) is 6.08 Å². The van der Waals surface area contributed by atoms with Crippen LogP contribution in [0.15, 0.2) is 15.6 Å². The van der Waals surface area contributed by atoms with Crippen LogP contribution in [0.3, 0.4) is 0 Å². The van der Waals surface area contributed by atoms with Crippen LogP contribution in [0.25, 0.3) is 0 Å². The Morgan fingerprint density at radius 3 is 2.11 bits per heavy atom. The van der Waals surface area contributed by atoms with Crippen LogP contribution >= 0.6 is 23.2 Å². The molecule has 0 saturated heterocycles. The Kier molecular flexibility index (Phi) is 4.15. The van der Waals surface area contributed by atoms with Crippen molar-refractivity contribution >= 4 is 23.2 Å². The maximum Gasteiger partial charge on any atom is 0 e. The fraction of sp³-hybridized carbons (Fsp3) is 0.333. The van der Waals surface area contributed by atoms with Crippen molar-refractivity contribution in [3.63, 3.8) is 0 Å². The van der Waals surface area contributed by atoms with Gasteiger partial charge in [-0.05, 0) is 0 Å². The third kappa shape index (κ3) is 2.12. The van der Waals surface area contributed by atoms with Gasteiger partial charge in [0.15, 0.2) is 0 Å². The van der Waals surface area contributed by atoms with Crippen LogP contribution in [0.1, 0.15) is 13.3 Å². The van der Waals surface area contributed by atoms with E-state index in [0.29, 0.717) is 16.5 Å². The molecule has 0 amide bonds. The van der Waals surface area contributed by atoms with Crippen molar-refractivity contribution in [3.05, 3.63) is 21.7 Å². The summed E-state index contributed by atoms with van der Waals surface area (Å²) >= 11 is 11.3. The number of hydrogen-bond donors (Lipinski definition) is 0. The van der Waals surface area contributed by atoms with E-state index in [2.05, 4.69) is 6.08 Å². The van der Waals surface area contributed by atoms with E-state index >= 15 is 0 Å². The minimum absolute atomic E-state index is 0. The molecule has 0 spiro atoms. The second kappa shape index (κ2) is 3.83. The van der Waals surface area contributed by atoms with Crippen LogP contribution in [-0.2, 0) is 21.7 Å². The molecule has 3 heteroatoms. The summed E-state index contributed by atoms with van der Waals surface area (Å²) in [5.74, 6) is 0. The zero-order chi connectivity index (χ0) is 6.15. The molecule has 9 heavy (non-hydrogen) atoms. The van der Waals surface area contributed by atoms with E-state index in [1.54, 1.807) is 0 Å². The molecular formula is C6H5Cl2Ti-. The van der Waals surface area contributed by atoms with E-state index in [1.165, 1.54) is 0 Å². The summed E-state index contributed by atoms with van der Waals surface area (Å²) < 4.78 is 0. The van der Waals surface area contributed by atoms with E-state index in [1.807, 2.05) is 6.92 Å². The molecular weight excluding hydrogens is 191 g/mol. The van der Waals surface area contributed by atoms with Crippen molar-refractivity contribution in [1.82, 2.24) is 0 Å². The molecule has 1 aliphatic rings. The first-order valence-electron chi connectivity index (χ1n) is 2.34. The predicted octanol–water partition coefficient (Wildman–Crippen LogP) is 2.83. The Labute approximate surface area is 79.8 Å². The van der Waals surface area contributed by atoms with E-state index in [4.69, 9.17) is 23.2 Å². The topological polar surface area (TPSA) is 0 Å². The number of halogens is 2. The number of hydrogen-bond acceptors (Lipinski definition) is 0. The molecule has 0 aromatic carbocycles. The van der Waals surface area contributed by atoms with E-state index < -0.39 is 0 Å². The quantitative estimate of drug-likeness (QED) is 0.412. The molecule has 0 saturated carbocycles. The summed E-state index contributed by atoms with van der Waals surface area (Å²) in [7, 11) is 0. The molecule has 0 unspecified atom stereocenters. The van der Waals surface area contributed by atoms with Gasteiger partial charge in [0, 0.05) is 21.7 Å². The zero-order valence-corrected chi connectivity index (χ0v) is 8.04. The van der Waals surface area contributed by atoms with Crippen molar-refractivity contribution in [3.8, 4) is 0 Å². The molecule has 0 nitrogen and oxygen atoms in total. The van der Waals surface area contributed by atoms with Crippen molar-refractivity contribution in [2.45, 2.75) is 13.3 Å². The van der Waals surface area contributed by atoms with Crippen LogP contribution in [0.5, 0.6) is 0 Å². The van der Waals surface area contributed by atoms with Gasteiger partial charge in [-0.2, -0.15) is 0 Å². The van der Waals surface area contributed by atoms with Gasteiger partial charge in [0.1, 0.15) is 0 Å². The maximum atomic E-state index is 5.66. The van der Waals surface area contributed by atoms with Gasteiger partial charge < -0.3 is 0 Å². The molecule has 0 aliphatic heterocycles. The Morgan fingerprint density at radius 2 is 2.00 bits per heavy atom.